The van der Waals surface area contributed by atoms with Gasteiger partial charge >= 0.3 is 0 Å². The summed E-state index contributed by atoms with van der Waals surface area (Å²) in [6.45, 7) is 0. The number of benzene rings is 2. The third-order valence-electron chi connectivity index (χ3n) is 2.85. The quantitative estimate of drug-likeness (QED) is 0.813. The molecule has 20 heavy (non-hydrogen) atoms. The minimum Gasteiger partial charge on any atom is -0.496 e. The van der Waals surface area contributed by atoms with E-state index >= 15 is 0 Å². The number of halogens is 1. The van der Waals surface area contributed by atoms with Crippen LogP contribution in [0.25, 0.3) is 11.1 Å². The summed E-state index contributed by atoms with van der Waals surface area (Å²) in [4.78, 5) is 0.0526. The van der Waals surface area contributed by atoms with Crippen LogP contribution in [0.3, 0.4) is 0 Å². The molecule has 4 nitrogen and oxygen atoms in total. The van der Waals surface area contributed by atoms with Crippen molar-refractivity contribution in [3.63, 3.8) is 0 Å². The SMILES string of the molecule is COc1cccc(OC)c1-c1ccc(S(=O)(=O)Cl)cc1. The summed E-state index contributed by atoms with van der Waals surface area (Å²) in [5.41, 5.74) is 1.54. The molecule has 0 heterocycles. The lowest BCUT2D eigenvalue weighted by Gasteiger charge is -2.13. The molecule has 0 aliphatic heterocycles. The van der Waals surface area contributed by atoms with Gasteiger partial charge in [0.1, 0.15) is 11.5 Å². The highest BCUT2D eigenvalue weighted by Gasteiger charge is 2.14. The third-order valence-corrected chi connectivity index (χ3v) is 4.22. The van der Waals surface area contributed by atoms with Crippen molar-refractivity contribution in [2.24, 2.45) is 0 Å². The van der Waals surface area contributed by atoms with Gasteiger partial charge in [-0.25, -0.2) is 8.42 Å². The number of hydrogen-bond donors (Lipinski definition) is 0. The molecule has 0 aliphatic carbocycles. The largest absolute Gasteiger partial charge is 0.496 e. The minimum atomic E-state index is -3.72. The Labute approximate surface area is 122 Å². The molecule has 0 aromatic heterocycles. The Hall–Kier alpha value is -1.72. The fraction of sp³-hybridized carbons (Fsp3) is 0.143. The second kappa shape index (κ2) is 5.73. The molecule has 0 fully saturated rings. The van der Waals surface area contributed by atoms with Crippen molar-refractivity contribution in [2.75, 3.05) is 14.2 Å². The van der Waals surface area contributed by atoms with Crippen LogP contribution >= 0.6 is 10.7 Å². The van der Waals surface area contributed by atoms with Crippen molar-refractivity contribution in [2.45, 2.75) is 4.90 Å². The van der Waals surface area contributed by atoms with Crippen LogP contribution in [0.5, 0.6) is 11.5 Å². The lowest BCUT2D eigenvalue weighted by Crippen LogP contribution is -1.94. The highest BCUT2D eigenvalue weighted by molar-refractivity contribution is 8.13. The van der Waals surface area contributed by atoms with Gasteiger partial charge in [0, 0.05) is 10.7 Å². The van der Waals surface area contributed by atoms with Crippen LogP contribution in [0.4, 0.5) is 0 Å². The molecular formula is C14H13ClO4S. The van der Waals surface area contributed by atoms with Gasteiger partial charge in [-0.1, -0.05) is 18.2 Å². The highest BCUT2D eigenvalue weighted by Crippen LogP contribution is 2.38. The zero-order valence-electron chi connectivity index (χ0n) is 11.0. The van der Waals surface area contributed by atoms with Crippen LogP contribution in [-0.2, 0) is 9.05 Å². The third kappa shape index (κ3) is 2.89. The molecule has 0 radical (unpaired) electrons. The first-order chi connectivity index (χ1) is 9.47. The van der Waals surface area contributed by atoms with E-state index in [1.165, 1.54) is 12.1 Å². The zero-order valence-corrected chi connectivity index (χ0v) is 12.5. The van der Waals surface area contributed by atoms with E-state index in [4.69, 9.17) is 20.2 Å². The zero-order chi connectivity index (χ0) is 14.8. The maximum atomic E-state index is 11.2. The lowest BCUT2D eigenvalue weighted by atomic mass is 10.0. The van der Waals surface area contributed by atoms with Crippen molar-refractivity contribution >= 4 is 19.7 Å². The van der Waals surface area contributed by atoms with E-state index in [0.29, 0.717) is 11.5 Å². The summed E-state index contributed by atoms with van der Waals surface area (Å²) in [5, 5.41) is 0. The Bertz CT molecular complexity index is 686. The number of rotatable bonds is 4. The van der Waals surface area contributed by atoms with E-state index in [1.807, 2.05) is 18.2 Å². The van der Waals surface area contributed by atoms with E-state index in [0.717, 1.165) is 11.1 Å². The highest BCUT2D eigenvalue weighted by atomic mass is 35.7. The predicted molar refractivity (Wildman–Crippen MR) is 78.0 cm³/mol. The molecular weight excluding hydrogens is 300 g/mol. The average Bonchev–Trinajstić information content (AvgIpc) is 2.45. The van der Waals surface area contributed by atoms with Crippen molar-refractivity contribution in [1.82, 2.24) is 0 Å². The van der Waals surface area contributed by atoms with Crippen molar-refractivity contribution in [1.29, 1.82) is 0 Å². The molecule has 0 atom stereocenters. The second-order valence-corrected chi connectivity index (χ2v) is 6.57. The first-order valence-corrected chi connectivity index (χ1v) is 8.04. The normalized spacial score (nSPS) is 11.2. The first-order valence-electron chi connectivity index (χ1n) is 5.73. The maximum absolute atomic E-state index is 11.2. The number of hydrogen-bond acceptors (Lipinski definition) is 4. The summed E-state index contributed by atoms with van der Waals surface area (Å²) in [5.74, 6) is 1.29. The van der Waals surface area contributed by atoms with Crippen LogP contribution in [0.1, 0.15) is 0 Å². The minimum absolute atomic E-state index is 0.0526. The summed E-state index contributed by atoms with van der Waals surface area (Å²) in [6.07, 6.45) is 0. The molecule has 0 amide bonds. The van der Waals surface area contributed by atoms with Gasteiger partial charge in [0.2, 0.25) is 0 Å². The molecule has 2 aromatic rings. The second-order valence-electron chi connectivity index (χ2n) is 4.00. The summed E-state index contributed by atoms with van der Waals surface area (Å²) < 4.78 is 33.1. The van der Waals surface area contributed by atoms with Crippen LogP contribution in [0.2, 0.25) is 0 Å². The molecule has 0 bridgehead atoms. The monoisotopic (exact) mass is 312 g/mol. The topological polar surface area (TPSA) is 52.6 Å². The molecule has 0 N–H and O–H groups in total. The first kappa shape index (κ1) is 14.7. The molecule has 106 valence electrons. The van der Waals surface area contributed by atoms with Gasteiger partial charge in [0.25, 0.3) is 9.05 Å². The van der Waals surface area contributed by atoms with Crippen LogP contribution in [0, 0.1) is 0 Å². The lowest BCUT2D eigenvalue weighted by molar-refractivity contribution is 0.397. The fourth-order valence-corrected chi connectivity index (χ4v) is 2.69. The number of methoxy groups -OCH3 is 2. The molecule has 2 aromatic carbocycles. The van der Waals surface area contributed by atoms with Gasteiger partial charge in [0.05, 0.1) is 24.7 Å². The Kier molecular flexibility index (Phi) is 4.20. The molecule has 0 saturated carbocycles. The molecule has 6 heteroatoms. The van der Waals surface area contributed by atoms with Gasteiger partial charge in [-0.2, -0.15) is 0 Å². The summed E-state index contributed by atoms with van der Waals surface area (Å²) >= 11 is 0. The van der Waals surface area contributed by atoms with E-state index in [2.05, 4.69) is 0 Å². The molecule has 0 unspecified atom stereocenters. The molecule has 0 saturated heterocycles. The Morgan fingerprint density at radius 3 is 1.80 bits per heavy atom. The Balaban J connectivity index is 2.57. The van der Waals surface area contributed by atoms with E-state index < -0.39 is 9.05 Å². The van der Waals surface area contributed by atoms with Crippen LogP contribution in [-0.4, -0.2) is 22.6 Å². The Morgan fingerprint density at radius 2 is 1.40 bits per heavy atom. The average molecular weight is 313 g/mol. The van der Waals surface area contributed by atoms with Crippen LogP contribution < -0.4 is 9.47 Å². The molecule has 0 spiro atoms. The van der Waals surface area contributed by atoms with E-state index in [9.17, 15) is 8.42 Å². The van der Waals surface area contributed by atoms with Gasteiger partial charge in [-0.15, -0.1) is 0 Å². The summed E-state index contributed by atoms with van der Waals surface area (Å²) in [7, 11) is 4.70. The van der Waals surface area contributed by atoms with Gasteiger partial charge in [-0.3, -0.25) is 0 Å². The number of ether oxygens (including phenoxy) is 2. The van der Waals surface area contributed by atoms with Crippen molar-refractivity contribution < 1.29 is 17.9 Å². The van der Waals surface area contributed by atoms with Gasteiger partial charge in [-0.05, 0) is 29.8 Å². The summed E-state index contributed by atoms with van der Waals surface area (Å²) in [6, 6.07) is 11.7. The molecule has 0 aliphatic rings. The standard InChI is InChI=1S/C14H13ClO4S/c1-18-12-4-3-5-13(19-2)14(12)10-6-8-11(9-7-10)20(15,16)17/h3-9H,1-2H3. The smallest absolute Gasteiger partial charge is 0.261 e. The van der Waals surface area contributed by atoms with Crippen molar-refractivity contribution in [3.8, 4) is 22.6 Å². The maximum Gasteiger partial charge on any atom is 0.261 e. The van der Waals surface area contributed by atoms with Gasteiger partial charge in [0.15, 0.2) is 0 Å². The Morgan fingerprint density at radius 1 is 0.900 bits per heavy atom. The van der Waals surface area contributed by atoms with E-state index in [1.54, 1.807) is 26.4 Å². The van der Waals surface area contributed by atoms with Gasteiger partial charge < -0.3 is 9.47 Å². The fourth-order valence-electron chi connectivity index (χ4n) is 1.92. The van der Waals surface area contributed by atoms with Crippen molar-refractivity contribution in [3.05, 3.63) is 42.5 Å². The predicted octanol–water partition coefficient (Wildman–Crippen LogP) is 3.30. The van der Waals surface area contributed by atoms with Crippen LogP contribution in [0.15, 0.2) is 47.4 Å². The molecule has 2 rings (SSSR count). The van der Waals surface area contributed by atoms with E-state index in [-0.39, 0.29) is 4.90 Å².